The molecule has 0 fully saturated rings. The van der Waals surface area contributed by atoms with E-state index in [2.05, 4.69) is 15.6 Å². The molecule has 30 heavy (non-hydrogen) atoms. The van der Waals surface area contributed by atoms with Crippen LogP contribution in [-0.2, 0) is 9.84 Å². The molecule has 1 aliphatic rings. The molecule has 2 aromatic rings. The van der Waals surface area contributed by atoms with Crippen LogP contribution in [0.2, 0.25) is 0 Å². The molecule has 3 rings (SSSR count). The highest BCUT2D eigenvalue weighted by molar-refractivity contribution is 7.92. The van der Waals surface area contributed by atoms with Gasteiger partial charge in [-0.2, -0.15) is 4.99 Å². The molecule has 2 N–H and O–H groups in total. The van der Waals surface area contributed by atoms with Crippen molar-refractivity contribution >= 4 is 27.4 Å². The van der Waals surface area contributed by atoms with Crippen molar-refractivity contribution < 1.29 is 8.42 Å². The van der Waals surface area contributed by atoms with Crippen LogP contribution in [0.15, 0.2) is 69.5 Å². The van der Waals surface area contributed by atoms with Crippen molar-refractivity contribution in [2.75, 3.05) is 12.4 Å². The van der Waals surface area contributed by atoms with Crippen LogP contribution in [-0.4, -0.2) is 43.6 Å². The van der Waals surface area contributed by atoms with Crippen LogP contribution in [0.25, 0.3) is 0 Å². The van der Waals surface area contributed by atoms with Crippen molar-refractivity contribution in [1.82, 2.24) is 10.2 Å². The van der Waals surface area contributed by atoms with Gasteiger partial charge >= 0.3 is 0 Å². The summed E-state index contributed by atoms with van der Waals surface area (Å²) in [6.45, 7) is 7.42. The lowest BCUT2D eigenvalue weighted by Crippen LogP contribution is -2.43. The van der Waals surface area contributed by atoms with Gasteiger partial charge in [0.15, 0.2) is 16.0 Å². The van der Waals surface area contributed by atoms with Gasteiger partial charge in [0.1, 0.15) is 0 Å². The van der Waals surface area contributed by atoms with E-state index >= 15 is 0 Å². The minimum absolute atomic E-state index is 0.174. The fourth-order valence-electron chi connectivity index (χ4n) is 3.05. The van der Waals surface area contributed by atoms with Crippen molar-refractivity contribution in [3.05, 3.63) is 60.2 Å². The second-order valence-electron chi connectivity index (χ2n) is 7.83. The first-order valence-electron chi connectivity index (χ1n) is 10.0. The van der Waals surface area contributed by atoms with E-state index in [9.17, 15) is 8.42 Å². The molecule has 1 heterocycles. The molecule has 7 nitrogen and oxygen atoms in total. The molecule has 1 unspecified atom stereocenters. The predicted octanol–water partition coefficient (Wildman–Crippen LogP) is 3.63. The lowest BCUT2D eigenvalue weighted by atomic mass is 10.1. The summed E-state index contributed by atoms with van der Waals surface area (Å²) in [5.74, 6) is 1.12. The maximum Gasteiger partial charge on any atom is 0.223 e. The molecule has 8 heteroatoms. The summed E-state index contributed by atoms with van der Waals surface area (Å²) in [5.41, 5.74) is 1.69. The summed E-state index contributed by atoms with van der Waals surface area (Å²) in [7, 11) is -1.45. The zero-order valence-electron chi connectivity index (χ0n) is 18.0. The molecular formula is C22H29N5O2S. The minimum atomic E-state index is -3.36. The Kier molecular flexibility index (Phi) is 6.45. The third-order valence-corrected chi connectivity index (χ3v) is 6.86. The lowest BCUT2D eigenvalue weighted by molar-refractivity contribution is 0.378. The van der Waals surface area contributed by atoms with E-state index in [0.29, 0.717) is 17.6 Å². The Morgan fingerprint density at radius 1 is 1.00 bits per heavy atom. The molecular weight excluding hydrogens is 398 g/mol. The SMILES string of the molecule is CC(C)NC1=NC(c2ccccc2)N(C)C(Nc2cccc(S(=O)(=O)C(C)C)c2)=N1. The lowest BCUT2D eigenvalue weighted by Gasteiger charge is -2.32. The average Bonchev–Trinajstić information content (AvgIpc) is 2.70. The number of benzene rings is 2. The number of anilines is 1. The number of rotatable bonds is 5. The van der Waals surface area contributed by atoms with E-state index in [1.807, 2.05) is 62.2 Å². The molecule has 0 aliphatic carbocycles. The second-order valence-corrected chi connectivity index (χ2v) is 10.3. The van der Waals surface area contributed by atoms with E-state index in [0.717, 1.165) is 5.56 Å². The van der Waals surface area contributed by atoms with Crippen LogP contribution in [0.3, 0.4) is 0 Å². The monoisotopic (exact) mass is 427 g/mol. The number of guanidine groups is 2. The fraction of sp³-hybridized carbons (Fsp3) is 0.364. The van der Waals surface area contributed by atoms with E-state index in [4.69, 9.17) is 4.99 Å². The van der Waals surface area contributed by atoms with Gasteiger partial charge in [0.2, 0.25) is 11.9 Å². The van der Waals surface area contributed by atoms with Crippen molar-refractivity contribution in [2.24, 2.45) is 9.98 Å². The molecule has 1 atom stereocenters. The first kappa shape index (κ1) is 21.8. The Morgan fingerprint density at radius 2 is 1.70 bits per heavy atom. The van der Waals surface area contributed by atoms with Gasteiger partial charge in [-0.15, -0.1) is 0 Å². The van der Waals surface area contributed by atoms with Crippen LogP contribution in [0.1, 0.15) is 39.4 Å². The first-order chi connectivity index (χ1) is 14.2. The van der Waals surface area contributed by atoms with Crippen LogP contribution in [0, 0.1) is 0 Å². The number of aliphatic imine (C=N–C) groups is 2. The highest BCUT2D eigenvalue weighted by atomic mass is 32.2. The van der Waals surface area contributed by atoms with Crippen molar-refractivity contribution in [3.8, 4) is 0 Å². The Hall–Kier alpha value is -2.87. The van der Waals surface area contributed by atoms with Gasteiger partial charge in [0, 0.05) is 18.8 Å². The zero-order chi connectivity index (χ0) is 21.9. The van der Waals surface area contributed by atoms with Gasteiger partial charge in [-0.25, -0.2) is 13.4 Å². The van der Waals surface area contributed by atoms with Crippen LogP contribution in [0.5, 0.6) is 0 Å². The Bertz CT molecular complexity index is 1050. The number of hydrogen-bond acceptors (Lipinski definition) is 7. The summed E-state index contributed by atoms with van der Waals surface area (Å²) in [6, 6.07) is 17.0. The summed E-state index contributed by atoms with van der Waals surface area (Å²) < 4.78 is 25.1. The number of sulfone groups is 1. The third-order valence-electron chi connectivity index (χ3n) is 4.71. The van der Waals surface area contributed by atoms with Gasteiger partial charge in [0.25, 0.3) is 0 Å². The largest absolute Gasteiger partial charge is 0.352 e. The average molecular weight is 428 g/mol. The Balaban J connectivity index is 1.94. The maximum absolute atomic E-state index is 12.6. The number of hydrogen-bond donors (Lipinski definition) is 2. The smallest absolute Gasteiger partial charge is 0.223 e. The summed E-state index contributed by atoms with van der Waals surface area (Å²) >= 11 is 0. The molecule has 0 radical (unpaired) electrons. The fourth-order valence-corrected chi connectivity index (χ4v) is 4.15. The van der Waals surface area contributed by atoms with Gasteiger partial charge in [-0.1, -0.05) is 36.4 Å². The predicted molar refractivity (Wildman–Crippen MR) is 122 cm³/mol. The summed E-state index contributed by atoms with van der Waals surface area (Å²) in [4.78, 5) is 11.6. The maximum atomic E-state index is 12.6. The number of nitrogens with zero attached hydrogens (tertiary/aromatic N) is 3. The standard InChI is InChI=1S/C22H29N5O2S/c1-15(2)23-21-25-20(17-10-7-6-8-11-17)27(5)22(26-21)24-18-12-9-13-19(14-18)30(28,29)16(3)4/h6-16,20H,1-5H3,(H2,23,24,25,26). The quantitative estimate of drug-likeness (QED) is 0.761. The van der Waals surface area contributed by atoms with Crippen LogP contribution >= 0.6 is 0 Å². The highest BCUT2D eigenvalue weighted by Crippen LogP contribution is 2.26. The zero-order valence-corrected chi connectivity index (χ0v) is 18.8. The van der Waals surface area contributed by atoms with Gasteiger partial charge in [-0.3, -0.25) is 0 Å². The van der Waals surface area contributed by atoms with E-state index < -0.39 is 15.1 Å². The molecule has 0 bridgehead atoms. The normalized spacial score (nSPS) is 17.0. The second kappa shape index (κ2) is 8.87. The van der Waals surface area contributed by atoms with E-state index in [-0.39, 0.29) is 17.1 Å². The molecule has 160 valence electrons. The Morgan fingerprint density at radius 3 is 2.33 bits per heavy atom. The topological polar surface area (TPSA) is 86.2 Å². The Labute approximate surface area is 178 Å². The van der Waals surface area contributed by atoms with Crippen molar-refractivity contribution in [3.63, 3.8) is 0 Å². The molecule has 0 saturated carbocycles. The number of nitrogens with one attached hydrogen (secondary N) is 2. The molecule has 2 aromatic carbocycles. The van der Waals surface area contributed by atoms with Crippen LogP contribution < -0.4 is 10.6 Å². The van der Waals surface area contributed by atoms with Gasteiger partial charge in [-0.05, 0) is 51.5 Å². The van der Waals surface area contributed by atoms with Crippen molar-refractivity contribution in [2.45, 2.75) is 50.0 Å². The summed E-state index contributed by atoms with van der Waals surface area (Å²) in [6.07, 6.45) is -0.255. The first-order valence-corrected chi connectivity index (χ1v) is 11.5. The van der Waals surface area contributed by atoms with E-state index in [1.54, 1.807) is 32.0 Å². The third kappa shape index (κ3) is 4.81. The highest BCUT2D eigenvalue weighted by Gasteiger charge is 2.26. The minimum Gasteiger partial charge on any atom is -0.352 e. The summed E-state index contributed by atoms with van der Waals surface area (Å²) in [5, 5.41) is 6.06. The van der Waals surface area contributed by atoms with Gasteiger partial charge in [0.05, 0.1) is 10.1 Å². The van der Waals surface area contributed by atoms with Crippen molar-refractivity contribution in [1.29, 1.82) is 0 Å². The van der Waals surface area contributed by atoms with Gasteiger partial charge < -0.3 is 15.5 Å². The molecule has 0 aromatic heterocycles. The molecule has 0 saturated heterocycles. The van der Waals surface area contributed by atoms with E-state index in [1.165, 1.54) is 0 Å². The molecule has 1 aliphatic heterocycles. The van der Waals surface area contributed by atoms with Crippen LogP contribution in [0.4, 0.5) is 5.69 Å². The molecule has 0 spiro atoms. The molecule has 0 amide bonds.